The molecule has 6 nitrogen and oxygen atoms in total. The third kappa shape index (κ3) is 2.21. The third-order valence-corrected chi connectivity index (χ3v) is 2.23. The molecule has 1 aliphatic rings. The van der Waals surface area contributed by atoms with E-state index < -0.39 is 36.6 Å². The molecule has 1 amide bonds. The summed E-state index contributed by atoms with van der Waals surface area (Å²) >= 11 is 0. The van der Waals surface area contributed by atoms with Crippen LogP contribution >= 0.6 is 0 Å². The van der Waals surface area contributed by atoms with Crippen LogP contribution in [0.1, 0.15) is 13.8 Å². The zero-order valence-electron chi connectivity index (χ0n) is 8.04. The third-order valence-electron chi connectivity index (χ3n) is 2.23. The Hall–Kier alpha value is -0.690. The first kappa shape index (κ1) is 11.4. The zero-order valence-corrected chi connectivity index (χ0v) is 8.04. The van der Waals surface area contributed by atoms with Crippen LogP contribution in [0.2, 0.25) is 0 Å². The molecule has 1 heterocycles. The van der Waals surface area contributed by atoms with Crippen molar-refractivity contribution >= 4 is 5.91 Å². The molecule has 1 aliphatic heterocycles. The summed E-state index contributed by atoms with van der Waals surface area (Å²) < 4.78 is 4.91. The van der Waals surface area contributed by atoms with E-state index in [0.717, 1.165) is 0 Å². The second kappa shape index (κ2) is 4.22. The predicted octanol–water partition coefficient (Wildman–Crippen LogP) is -2.05. The van der Waals surface area contributed by atoms with Crippen molar-refractivity contribution in [3.8, 4) is 0 Å². The molecular formula is C8H15NO5. The average Bonchev–Trinajstić information content (AvgIpc) is 2.09. The largest absolute Gasteiger partial charge is 0.388 e. The molecule has 0 radical (unpaired) electrons. The molecule has 82 valence electrons. The van der Waals surface area contributed by atoms with Gasteiger partial charge < -0.3 is 25.4 Å². The summed E-state index contributed by atoms with van der Waals surface area (Å²) in [7, 11) is 0. The van der Waals surface area contributed by atoms with Gasteiger partial charge in [-0.3, -0.25) is 4.79 Å². The maximum atomic E-state index is 10.7. The van der Waals surface area contributed by atoms with Crippen molar-refractivity contribution in [2.75, 3.05) is 0 Å². The van der Waals surface area contributed by atoms with Gasteiger partial charge in [0.05, 0.1) is 6.10 Å². The number of nitrogens with one attached hydrogen (secondary N) is 1. The van der Waals surface area contributed by atoms with Gasteiger partial charge >= 0.3 is 0 Å². The lowest BCUT2D eigenvalue weighted by Gasteiger charge is -2.39. The van der Waals surface area contributed by atoms with Crippen molar-refractivity contribution in [2.45, 2.75) is 44.5 Å². The van der Waals surface area contributed by atoms with E-state index in [2.05, 4.69) is 5.32 Å². The molecule has 1 rings (SSSR count). The van der Waals surface area contributed by atoms with E-state index >= 15 is 0 Å². The Morgan fingerprint density at radius 1 is 1.29 bits per heavy atom. The van der Waals surface area contributed by atoms with Crippen molar-refractivity contribution in [3.05, 3.63) is 0 Å². The topological polar surface area (TPSA) is 99.0 Å². The van der Waals surface area contributed by atoms with Crippen molar-refractivity contribution in [1.29, 1.82) is 0 Å². The van der Waals surface area contributed by atoms with Crippen molar-refractivity contribution in [1.82, 2.24) is 5.32 Å². The number of carbonyl (C=O) groups excluding carboxylic acids is 1. The number of carbonyl (C=O) groups is 1. The quantitative estimate of drug-likeness (QED) is 0.395. The Balaban J connectivity index is 2.68. The molecule has 0 aromatic heterocycles. The number of hydrogen-bond donors (Lipinski definition) is 4. The summed E-state index contributed by atoms with van der Waals surface area (Å²) in [6.07, 6.45) is -4.30. The van der Waals surface area contributed by atoms with Gasteiger partial charge in [-0.2, -0.15) is 0 Å². The van der Waals surface area contributed by atoms with E-state index in [0.29, 0.717) is 0 Å². The zero-order chi connectivity index (χ0) is 10.9. The summed E-state index contributed by atoms with van der Waals surface area (Å²) in [5.41, 5.74) is 0. The SMILES string of the molecule is CC(=O)N[C@@H]1[C@H](O)[C@@H](O)[C@H](C)O[C@H]1O. The highest BCUT2D eigenvalue weighted by Crippen LogP contribution is 2.19. The highest BCUT2D eigenvalue weighted by atomic mass is 16.6. The Morgan fingerprint density at radius 2 is 1.86 bits per heavy atom. The van der Waals surface area contributed by atoms with Gasteiger partial charge in [-0.25, -0.2) is 0 Å². The molecule has 6 heteroatoms. The van der Waals surface area contributed by atoms with E-state index in [4.69, 9.17) is 4.74 Å². The maximum absolute atomic E-state index is 10.7. The number of hydrogen-bond acceptors (Lipinski definition) is 5. The number of amides is 1. The van der Waals surface area contributed by atoms with Crippen LogP contribution in [0.25, 0.3) is 0 Å². The van der Waals surface area contributed by atoms with Gasteiger partial charge in [-0.15, -0.1) is 0 Å². The van der Waals surface area contributed by atoms with Crippen LogP contribution in [0.3, 0.4) is 0 Å². The number of aliphatic hydroxyl groups excluding tert-OH is 3. The molecule has 0 aromatic carbocycles. The second-order valence-electron chi connectivity index (χ2n) is 3.44. The van der Waals surface area contributed by atoms with E-state index in [-0.39, 0.29) is 0 Å². The van der Waals surface area contributed by atoms with Crippen LogP contribution in [-0.2, 0) is 9.53 Å². The fraction of sp³-hybridized carbons (Fsp3) is 0.875. The minimum atomic E-state index is -1.30. The molecule has 0 aliphatic carbocycles. The van der Waals surface area contributed by atoms with Crippen LogP contribution in [0.4, 0.5) is 0 Å². The van der Waals surface area contributed by atoms with Gasteiger partial charge in [0, 0.05) is 6.92 Å². The highest BCUT2D eigenvalue weighted by molar-refractivity contribution is 5.73. The minimum Gasteiger partial charge on any atom is -0.388 e. The molecular weight excluding hydrogens is 190 g/mol. The number of ether oxygens (including phenoxy) is 1. The Bertz CT molecular complexity index is 222. The van der Waals surface area contributed by atoms with Gasteiger partial charge in [0.25, 0.3) is 0 Å². The number of aliphatic hydroxyl groups is 3. The molecule has 0 spiro atoms. The van der Waals surface area contributed by atoms with Gasteiger partial charge in [0.1, 0.15) is 18.2 Å². The van der Waals surface area contributed by atoms with E-state index in [1.54, 1.807) is 0 Å². The fourth-order valence-electron chi connectivity index (χ4n) is 1.44. The summed E-state index contributed by atoms with van der Waals surface area (Å²) in [5, 5.41) is 30.6. The highest BCUT2D eigenvalue weighted by Gasteiger charge is 2.42. The van der Waals surface area contributed by atoms with Crippen molar-refractivity contribution in [3.63, 3.8) is 0 Å². The van der Waals surface area contributed by atoms with Crippen LogP contribution in [0, 0.1) is 0 Å². The van der Waals surface area contributed by atoms with Gasteiger partial charge in [-0.1, -0.05) is 0 Å². The smallest absolute Gasteiger partial charge is 0.217 e. The standard InChI is InChI=1S/C8H15NO5/c1-3-6(11)7(12)5(8(13)14-3)9-4(2)10/h3,5-8,11-13H,1-2H3,(H,9,10)/t3-,5+,6-,7-,8+/m0/s1. The fourth-order valence-corrected chi connectivity index (χ4v) is 1.44. The lowest BCUT2D eigenvalue weighted by atomic mass is 9.98. The molecule has 14 heavy (non-hydrogen) atoms. The predicted molar refractivity (Wildman–Crippen MR) is 46.2 cm³/mol. The first-order valence-electron chi connectivity index (χ1n) is 4.40. The molecule has 1 saturated heterocycles. The number of rotatable bonds is 1. The first-order valence-corrected chi connectivity index (χ1v) is 4.40. The van der Waals surface area contributed by atoms with Crippen LogP contribution in [0.15, 0.2) is 0 Å². The Kier molecular flexibility index (Phi) is 3.43. The van der Waals surface area contributed by atoms with E-state index in [9.17, 15) is 20.1 Å². The molecule has 0 unspecified atom stereocenters. The van der Waals surface area contributed by atoms with Gasteiger partial charge in [0.2, 0.25) is 5.91 Å². The monoisotopic (exact) mass is 205 g/mol. The van der Waals surface area contributed by atoms with Crippen LogP contribution in [-0.4, -0.2) is 51.9 Å². The lowest BCUT2D eigenvalue weighted by Crippen LogP contribution is -2.62. The lowest BCUT2D eigenvalue weighted by molar-refractivity contribution is -0.242. The van der Waals surface area contributed by atoms with Crippen LogP contribution in [0.5, 0.6) is 0 Å². The summed E-state index contributed by atoms with van der Waals surface area (Å²) in [4.78, 5) is 10.7. The van der Waals surface area contributed by atoms with E-state index in [1.165, 1.54) is 13.8 Å². The van der Waals surface area contributed by atoms with Gasteiger partial charge in [0.15, 0.2) is 6.29 Å². The van der Waals surface area contributed by atoms with Crippen molar-refractivity contribution in [2.24, 2.45) is 0 Å². The molecule has 0 aromatic rings. The maximum Gasteiger partial charge on any atom is 0.217 e. The summed E-state index contributed by atoms with van der Waals surface area (Å²) in [5.74, 6) is -0.404. The second-order valence-corrected chi connectivity index (χ2v) is 3.44. The average molecular weight is 205 g/mol. The van der Waals surface area contributed by atoms with Crippen molar-refractivity contribution < 1.29 is 24.9 Å². The molecule has 4 N–H and O–H groups in total. The molecule has 5 atom stereocenters. The molecule has 0 bridgehead atoms. The molecule has 1 fully saturated rings. The van der Waals surface area contributed by atoms with Gasteiger partial charge in [-0.05, 0) is 6.92 Å². The first-order chi connectivity index (χ1) is 6.43. The summed E-state index contributed by atoms with van der Waals surface area (Å²) in [6, 6.07) is -0.987. The Morgan fingerprint density at radius 3 is 2.36 bits per heavy atom. The minimum absolute atomic E-state index is 0.404. The Labute approximate surface area is 81.5 Å². The van der Waals surface area contributed by atoms with Crippen LogP contribution < -0.4 is 5.32 Å². The molecule has 0 saturated carbocycles. The van der Waals surface area contributed by atoms with E-state index in [1.807, 2.05) is 0 Å². The normalized spacial score (nSPS) is 43.4. The summed E-state index contributed by atoms with van der Waals surface area (Å²) in [6.45, 7) is 2.78.